The molecule has 31 heavy (non-hydrogen) atoms. The summed E-state index contributed by atoms with van der Waals surface area (Å²) in [6.07, 6.45) is 1.15. The molecule has 0 fully saturated rings. The summed E-state index contributed by atoms with van der Waals surface area (Å²) in [4.78, 5) is 13.1. The van der Waals surface area contributed by atoms with Crippen LogP contribution in [0.1, 0.15) is 53.4 Å². The second kappa shape index (κ2) is 10.8. The molecule has 0 saturated heterocycles. The Hall–Kier alpha value is -3.07. The molecule has 0 N–H and O–H groups in total. The summed E-state index contributed by atoms with van der Waals surface area (Å²) in [5, 5.41) is 0. The Morgan fingerprint density at radius 3 is 2.29 bits per heavy atom. The monoisotopic (exact) mass is 416 g/mol. The Morgan fingerprint density at radius 1 is 0.871 bits per heavy atom. The van der Waals surface area contributed by atoms with Gasteiger partial charge >= 0.3 is 0 Å². The van der Waals surface area contributed by atoms with E-state index in [9.17, 15) is 4.79 Å². The van der Waals surface area contributed by atoms with Crippen molar-refractivity contribution >= 4 is 5.78 Å². The van der Waals surface area contributed by atoms with Crippen molar-refractivity contribution in [1.82, 2.24) is 0 Å². The van der Waals surface area contributed by atoms with Gasteiger partial charge in [0.2, 0.25) is 0 Å². The molecular weight excluding hydrogens is 384 g/mol. The van der Waals surface area contributed by atoms with Crippen LogP contribution in [0, 0.1) is 12.8 Å². The third-order valence-corrected chi connectivity index (χ3v) is 5.15. The largest absolute Gasteiger partial charge is 0.493 e. The molecule has 0 aliphatic heterocycles. The number of hydrogen-bond acceptors (Lipinski definition) is 3. The number of rotatable bonds is 10. The molecule has 0 bridgehead atoms. The smallest absolute Gasteiger partial charge is 0.167 e. The van der Waals surface area contributed by atoms with Gasteiger partial charge in [-0.25, -0.2) is 0 Å². The van der Waals surface area contributed by atoms with E-state index in [2.05, 4.69) is 20.8 Å². The summed E-state index contributed by atoms with van der Waals surface area (Å²) in [5.74, 6) is 2.06. The maximum absolute atomic E-state index is 13.1. The fourth-order valence-corrected chi connectivity index (χ4v) is 3.36. The first-order valence-corrected chi connectivity index (χ1v) is 11.0. The highest BCUT2D eigenvalue weighted by atomic mass is 16.5. The molecule has 0 saturated carbocycles. The summed E-state index contributed by atoms with van der Waals surface area (Å²) >= 11 is 0. The van der Waals surface area contributed by atoms with E-state index in [1.807, 2.05) is 73.7 Å². The minimum Gasteiger partial charge on any atom is -0.493 e. The second-order valence-corrected chi connectivity index (χ2v) is 8.37. The quantitative estimate of drug-likeness (QED) is 0.349. The van der Waals surface area contributed by atoms with E-state index in [1.165, 1.54) is 0 Å². The number of aryl methyl sites for hydroxylation is 2. The maximum Gasteiger partial charge on any atom is 0.167 e. The molecule has 0 heterocycles. The zero-order chi connectivity index (χ0) is 22.2. The zero-order valence-corrected chi connectivity index (χ0v) is 19.0. The number of carbonyl (C=O) groups is 1. The lowest BCUT2D eigenvalue weighted by Crippen LogP contribution is -2.10. The van der Waals surface area contributed by atoms with Gasteiger partial charge < -0.3 is 9.47 Å². The number of ether oxygens (including phenoxy) is 2. The first-order chi connectivity index (χ1) is 15.0. The van der Waals surface area contributed by atoms with Gasteiger partial charge in [0, 0.05) is 17.5 Å². The zero-order valence-electron chi connectivity index (χ0n) is 19.0. The number of hydrogen-bond donors (Lipinski definition) is 0. The van der Waals surface area contributed by atoms with Crippen LogP contribution >= 0.6 is 0 Å². The van der Waals surface area contributed by atoms with Crippen LogP contribution in [-0.4, -0.2) is 12.4 Å². The SMILES string of the molecule is CCc1ccc(C(=O)Cc2ccc(C)cc2OCC(C)C)cc1OCc1ccccc1. The highest BCUT2D eigenvalue weighted by Crippen LogP contribution is 2.26. The third-order valence-electron chi connectivity index (χ3n) is 5.15. The van der Waals surface area contributed by atoms with Crippen molar-refractivity contribution < 1.29 is 14.3 Å². The van der Waals surface area contributed by atoms with Gasteiger partial charge in [0.15, 0.2) is 5.78 Å². The average molecular weight is 417 g/mol. The van der Waals surface area contributed by atoms with Crippen LogP contribution in [0.15, 0.2) is 66.7 Å². The van der Waals surface area contributed by atoms with Gasteiger partial charge in [-0.1, -0.05) is 75.4 Å². The van der Waals surface area contributed by atoms with E-state index < -0.39 is 0 Å². The van der Waals surface area contributed by atoms with Crippen molar-refractivity contribution in [3.63, 3.8) is 0 Å². The Bertz CT molecular complexity index is 1010. The van der Waals surface area contributed by atoms with Gasteiger partial charge in [-0.05, 0) is 48.1 Å². The van der Waals surface area contributed by atoms with Crippen LogP contribution in [0.25, 0.3) is 0 Å². The number of ketones is 1. The van der Waals surface area contributed by atoms with Crippen LogP contribution in [0.3, 0.4) is 0 Å². The standard InChI is InChI=1S/C28H32O3/c1-5-23-13-14-24(17-28(23)31-19-22-9-7-6-8-10-22)26(29)16-25-12-11-21(4)15-27(25)30-18-20(2)3/h6-15,17,20H,5,16,18-19H2,1-4H3. The fourth-order valence-electron chi connectivity index (χ4n) is 3.36. The number of benzene rings is 3. The highest BCUT2D eigenvalue weighted by molar-refractivity contribution is 5.98. The third kappa shape index (κ3) is 6.45. The molecule has 0 amide bonds. The summed E-state index contributed by atoms with van der Waals surface area (Å²) in [6, 6.07) is 21.9. The van der Waals surface area contributed by atoms with Crippen LogP contribution in [-0.2, 0) is 19.4 Å². The molecule has 0 spiro atoms. The van der Waals surface area contributed by atoms with Crippen LogP contribution in [0.2, 0.25) is 0 Å². The normalized spacial score (nSPS) is 10.9. The van der Waals surface area contributed by atoms with E-state index in [-0.39, 0.29) is 5.78 Å². The first kappa shape index (κ1) is 22.6. The van der Waals surface area contributed by atoms with E-state index in [0.29, 0.717) is 31.1 Å². The first-order valence-electron chi connectivity index (χ1n) is 11.0. The molecule has 3 aromatic carbocycles. The summed E-state index contributed by atoms with van der Waals surface area (Å²) in [7, 11) is 0. The van der Waals surface area contributed by atoms with Crippen molar-refractivity contribution in [2.45, 2.75) is 47.1 Å². The van der Waals surface area contributed by atoms with E-state index in [1.54, 1.807) is 0 Å². The topological polar surface area (TPSA) is 35.5 Å². The Labute approximate surface area is 186 Å². The van der Waals surface area contributed by atoms with Crippen LogP contribution in [0.4, 0.5) is 0 Å². The summed E-state index contributed by atoms with van der Waals surface area (Å²) in [5.41, 5.74) is 4.91. The molecule has 162 valence electrons. The van der Waals surface area contributed by atoms with Crippen molar-refractivity contribution in [3.8, 4) is 11.5 Å². The Morgan fingerprint density at radius 2 is 1.58 bits per heavy atom. The van der Waals surface area contributed by atoms with Gasteiger partial charge in [0.25, 0.3) is 0 Å². The minimum absolute atomic E-state index is 0.0606. The van der Waals surface area contributed by atoms with Gasteiger partial charge in [-0.15, -0.1) is 0 Å². The van der Waals surface area contributed by atoms with Crippen LogP contribution in [0.5, 0.6) is 11.5 Å². The van der Waals surface area contributed by atoms with E-state index in [4.69, 9.17) is 9.47 Å². The lowest BCUT2D eigenvalue weighted by Gasteiger charge is -2.15. The minimum atomic E-state index is 0.0606. The molecule has 3 heteroatoms. The predicted molar refractivity (Wildman–Crippen MR) is 126 cm³/mol. The number of carbonyl (C=O) groups excluding carboxylic acids is 1. The Balaban J connectivity index is 1.77. The molecule has 0 aromatic heterocycles. The van der Waals surface area contributed by atoms with Gasteiger partial charge in [0.05, 0.1) is 6.61 Å². The van der Waals surface area contributed by atoms with Crippen molar-refractivity contribution in [2.75, 3.05) is 6.61 Å². The Kier molecular flexibility index (Phi) is 7.88. The molecule has 3 aromatic rings. The molecule has 0 aliphatic carbocycles. The maximum atomic E-state index is 13.1. The van der Waals surface area contributed by atoms with Gasteiger partial charge in [-0.2, -0.15) is 0 Å². The van der Waals surface area contributed by atoms with Crippen LogP contribution < -0.4 is 9.47 Å². The number of Topliss-reactive ketones (excluding diaryl/α,β-unsaturated/α-hetero) is 1. The molecule has 0 radical (unpaired) electrons. The van der Waals surface area contributed by atoms with Gasteiger partial charge in [0.1, 0.15) is 18.1 Å². The molecule has 0 aliphatic rings. The second-order valence-electron chi connectivity index (χ2n) is 8.37. The summed E-state index contributed by atoms with van der Waals surface area (Å²) in [6.45, 7) is 9.48. The lowest BCUT2D eigenvalue weighted by atomic mass is 9.99. The van der Waals surface area contributed by atoms with Crippen molar-refractivity contribution in [3.05, 3.63) is 94.5 Å². The average Bonchev–Trinajstić information content (AvgIpc) is 2.78. The van der Waals surface area contributed by atoms with Crippen molar-refractivity contribution in [1.29, 1.82) is 0 Å². The van der Waals surface area contributed by atoms with Gasteiger partial charge in [-0.3, -0.25) is 4.79 Å². The predicted octanol–water partition coefficient (Wildman–Crippen LogP) is 6.60. The highest BCUT2D eigenvalue weighted by Gasteiger charge is 2.14. The van der Waals surface area contributed by atoms with E-state index in [0.717, 1.165) is 40.2 Å². The molecule has 3 nitrogen and oxygen atoms in total. The summed E-state index contributed by atoms with van der Waals surface area (Å²) < 4.78 is 12.1. The fraction of sp³-hybridized carbons (Fsp3) is 0.321. The molecule has 3 rings (SSSR count). The van der Waals surface area contributed by atoms with Crippen molar-refractivity contribution in [2.24, 2.45) is 5.92 Å². The molecule has 0 unspecified atom stereocenters. The lowest BCUT2D eigenvalue weighted by molar-refractivity contribution is 0.0991. The van der Waals surface area contributed by atoms with E-state index >= 15 is 0 Å². The molecule has 0 atom stereocenters. The molecular formula is C28H32O3.